The molecule has 1 aliphatic rings. The van der Waals surface area contributed by atoms with Gasteiger partial charge in [-0.05, 0) is 50.1 Å². The summed E-state index contributed by atoms with van der Waals surface area (Å²) in [6, 6.07) is 5.97. The molecule has 0 unspecified atom stereocenters. The Hall–Kier alpha value is -1.85. The van der Waals surface area contributed by atoms with Crippen LogP contribution in [0.4, 0.5) is 5.69 Å². The number of rotatable bonds is 4. The molecule has 1 aliphatic heterocycles. The molecule has 2 N–H and O–H groups in total. The molecule has 1 amide bonds. The second-order valence-electron chi connectivity index (χ2n) is 6.37. The van der Waals surface area contributed by atoms with Crippen molar-refractivity contribution in [3.8, 4) is 0 Å². The van der Waals surface area contributed by atoms with Gasteiger partial charge in [-0.2, -0.15) is 5.10 Å². The number of carbonyl (C=O) groups is 1. The van der Waals surface area contributed by atoms with Crippen molar-refractivity contribution in [3.05, 3.63) is 45.7 Å². The molecule has 6 heteroatoms. The molecule has 0 saturated carbocycles. The lowest BCUT2D eigenvalue weighted by Gasteiger charge is -2.11. The van der Waals surface area contributed by atoms with Crippen LogP contribution < -0.4 is 10.6 Å². The average Bonchev–Trinajstić information content (AvgIpc) is 2.78. The first-order valence-corrected chi connectivity index (χ1v) is 8.73. The fraction of sp³-hybridized carbons (Fsp3) is 0.444. The van der Waals surface area contributed by atoms with Crippen molar-refractivity contribution in [2.75, 3.05) is 11.9 Å². The fourth-order valence-corrected chi connectivity index (χ4v) is 3.43. The number of amides is 1. The fourth-order valence-electron chi connectivity index (χ4n) is 3.06. The van der Waals surface area contributed by atoms with Crippen molar-refractivity contribution in [1.82, 2.24) is 15.1 Å². The number of nitrogens with zero attached hydrogens (tertiary/aromatic N) is 2. The van der Waals surface area contributed by atoms with Gasteiger partial charge >= 0.3 is 0 Å². The van der Waals surface area contributed by atoms with Crippen LogP contribution in [-0.2, 0) is 24.3 Å². The predicted molar refractivity (Wildman–Crippen MR) is 96.4 cm³/mol. The first-order chi connectivity index (χ1) is 11.5. The molecule has 0 spiro atoms. The summed E-state index contributed by atoms with van der Waals surface area (Å²) in [7, 11) is 0. The highest BCUT2D eigenvalue weighted by Crippen LogP contribution is 2.27. The van der Waals surface area contributed by atoms with Gasteiger partial charge in [0.05, 0.1) is 22.1 Å². The van der Waals surface area contributed by atoms with Gasteiger partial charge in [0.15, 0.2) is 0 Å². The van der Waals surface area contributed by atoms with Crippen molar-refractivity contribution in [2.45, 2.75) is 46.2 Å². The molecule has 0 aliphatic carbocycles. The van der Waals surface area contributed by atoms with E-state index in [2.05, 4.69) is 21.8 Å². The molecule has 5 nitrogen and oxygen atoms in total. The first kappa shape index (κ1) is 17.0. The van der Waals surface area contributed by atoms with Crippen LogP contribution in [0.15, 0.2) is 18.2 Å². The summed E-state index contributed by atoms with van der Waals surface area (Å²) in [4.78, 5) is 12.3. The molecule has 1 aromatic heterocycles. The Balaban J connectivity index is 1.60. The number of aromatic nitrogens is 2. The summed E-state index contributed by atoms with van der Waals surface area (Å²) in [5.41, 5.74) is 4.93. The quantitative estimate of drug-likeness (QED) is 0.893. The van der Waals surface area contributed by atoms with E-state index >= 15 is 0 Å². The Morgan fingerprint density at radius 1 is 1.38 bits per heavy atom. The topological polar surface area (TPSA) is 59.0 Å². The van der Waals surface area contributed by atoms with E-state index in [-0.39, 0.29) is 5.91 Å². The molecule has 128 valence electrons. The summed E-state index contributed by atoms with van der Waals surface area (Å²) in [5, 5.41) is 11.5. The third kappa shape index (κ3) is 3.97. The smallest absolute Gasteiger partial charge is 0.224 e. The van der Waals surface area contributed by atoms with Crippen LogP contribution in [0.1, 0.15) is 35.4 Å². The van der Waals surface area contributed by atoms with Crippen LogP contribution in [0.2, 0.25) is 5.02 Å². The molecule has 2 aromatic rings. The molecule has 1 aromatic carbocycles. The summed E-state index contributed by atoms with van der Waals surface area (Å²) in [6.45, 7) is 6.75. The Morgan fingerprint density at radius 2 is 2.21 bits per heavy atom. The van der Waals surface area contributed by atoms with Crippen LogP contribution in [0.25, 0.3) is 0 Å². The second kappa shape index (κ2) is 7.36. The van der Waals surface area contributed by atoms with Crippen LogP contribution >= 0.6 is 11.6 Å². The number of halogens is 1. The maximum atomic E-state index is 12.3. The van der Waals surface area contributed by atoms with E-state index in [1.165, 1.54) is 5.69 Å². The molecule has 0 radical (unpaired) electrons. The molecule has 3 rings (SSSR count). The molecule has 0 atom stereocenters. The van der Waals surface area contributed by atoms with Gasteiger partial charge < -0.3 is 10.6 Å². The molecule has 24 heavy (non-hydrogen) atoms. The van der Waals surface area contributed by atoms with E-state index in [4.69, 9.17) is 11.6 Å². The minimum Gasteiger partial charge on any atom is -0.325 e. The van der Waals surface area contributed by atoms with E-state index in [9.17, 15) is 4.79 Å². The number of nitrogens with one attached hydrogen (secondary N) is 2. The van der Waals surface area contributed by atoms with Gasteiger partial charge in [-0.25, -0.2) is 0 Å². The Morgan fingerprint density at radius 3 is 3.00 bits per heavy atom. The number of fused-ring (bicyclic) bond motifs is 1. The summed E-state index contributed by atoms with van der Waals surface area (Å²) >= 11 is 6.24. The zero-order valence-electron chi connectivity index (χ0n) is 14.2. The number of hydrogen-bond donors (Lipinski definition) is 2. The van der Waals surface area contributed by atoms with Gasteiger partial charge in [0.1, 0.15) is 0 Å². The maximum absolute atomic E-state index is 12.3. The third-order valence-electron chi connectivity index (χ3n) is 4.25. The minimum atomic E-state index is -0.0369. The standard InChI is InChI=1S/C18H23ClN4O/c1-12-8-13(2)18(16(19)9-12)21-17(24)5-4-14-10-15-11-20-6-3-7-23(15)22-14/h8-10,20H,3-7,11H2,1-2H3,(H,21,24). The van der Waals surface area contributed by atoms with Crippen molar-refractivity contribution in [1.29, 1.82) is 0 Å². The monoisotopic (exact) mass is 346 g/mol. The second-order valence-corrected chi connectivity index (χ2v) is 6.77. The van der Waals surface area contributed by atoms with Crippen LogP contribution in [0.3, 0.4) is 0 Å². The van der Waals surface area contributed by atoms with Crippen LogP contribution in [0.5, 0.6) is 0 Å². The molecule has 0 saturated heterocycles. The van der Waals surface area contributed by atoms with Gasteiger partial charge in [0.2, 0.25) is 5.91 Å². The lowest BCUT2D eigenvalue weighted by Crippen LogP contribution is -2.14. The molecule has 0 bridgehead atoms. The Bertz CT molecular complexity index is 707. The highest BCUT2D eigenvalue weighted by Gasteiger charge is 2.13. The van der Waals surface area contributed by atoms with E-state index in [1.807, 2.05) is 30.7 Å². The minimum absolute atomic E-state index is 0.0369. The van der Waals surface area contributed by atoms with Gasteiger partial charge in [0, 0.05) is 25.9 Å². The Labute approximate surface area is 147 Å². The first-order valence-electron chi connectivity index (χ1n) is 8.36. The number of benzene rings is 1. The molecular formula is C18H23ClN4O. The van der Waals surface area contributed by atoms with E-state index in [0.717, 1.165) is 42.9 Å². The highest BCUT2D eigenvalue weighted by molar-refractivity contribution is 6.34. The van der Waals surface area contributed by atoms with Crippen LogP contribution in [0, 0.1) is 13.8 Å². The van der Waals surface area contributed by atoms with E-state index in [1.54, 1.807) is 0 Å². The zero-order valence-corrected chi connectivity index (χ0v) is 14.9. The van der Waals surface area contributed by atoms with Gasteiger partial charge in [-0.1, -0.05) is 17.7 Å². The van der Waals surface area contributed by atoms with Gasteiger partial charge in [0.25, 0.3) is 0 Å². The van der Waals surface area contributed by atoms with Crippen molar-refractivity contribution < 1.29 is 4.79 Å². The predicted octanol–water partition coefficient (Wildman–Crippen LogP) is 3.22. The normalized spacial score (nSPS) is 14.1. The third-order valence-corrected chi connectivity index (χ3v) is 4.55. The Kier molecular flexibility index (Phi) is 5.21. The molecular weight excluding hydrogens is 324 g/mol. The lowest BCUT2D eigenvalue weighted by atomic mass is 10.1. The summed E-state index contributed by atoms with van der Waals surface area (Å²) in [6.07, 6.45) is 2.11. The van der Waals surface area contributed by atoms with Crippen LogP contribution in [-0.4, -0.2) is 22.2 Å². The lowest BCUT2D eigenvalue weighted by molar-refractivity contribution is -0.116. The van der Waals surface area contributed by atoms with E-state index in [0.29, 0.717) is 23.6 Å². The number of carbonyl (C=O) groups excluding carboxylic acids is 1. The van der Waals surface area contributed by atoms with Crippen molar-refractivity contribution in [3.63, 3.8) is 0 Å². The molecule has 0 fully saturated rings. The largest absolute Gasteiger partial charge is 0.325 e. The van der Waals surface area contributed by atoms with E-state index < -0.39 is 0 Å². The van der Waals surface area contributed by atoms with Crippen molar-refractivity contribution >= 4 is 23.2 Å². The maximum Gasteiger partial charge on any atom is 0.224 e. The van der Waals surface area contributed by atoms with Gasteiger partial charge in [-0.15, -0.1) is 0 Å². The number of anilines is 1. The number of hydrogen-bond acceptors (Lipinski definition) is 3. The SMILES string of the molecule is Cc1cc(C)c(NC(=O)CCc2cc3n(n2)CCCNC3)c(Cl)c1. The molecule has 2 heterocycles. The summed E-state index contributed by atoms with van der Waals surface area (Å²) < 4.78 is 2.05. The zero-order chi connectivity index (χ0) is 17.1. The van der Waals surface area contributed by atoms with Crippen molar-refractivity contribution in [2.24, 2.45) is 0 Å². The number of aryl methyl sites for hydroxylation is 4. The highest BCUT2D eigenvalue weighted by atomic mass is 35.5. The van der Waals surface area contributed by atoms with Gasteiger partial charge in [-0.3, -0.25) is 9.48 Å². The average molecular weight is 347 g/mol. The summed E-state index contributed by atoms with van der Waals surface area (Å²) in [5.74, 6) is -0.0369.